The van der Waals surface area contributed by atoms with E-state index in [0.717, 1.165) is 23.2 Å². The third-order valence-electron chi connectivity index (χ3n) is 3.16. The molecule has 2 aromatic rings. The third-order valence-corrected chi connectivity index (χ3v) is 3.80. The molecule has 20 heavy (non-hydrogen) atoms. The number of hydrogen-bond acceptors (Lipinski definition) is 1. The second-order valence-corrected chi connectivity index (χ2v) is 5.40. The van der Waals surface area contributed by atoms with Gasteiger partial charge in [-0.25, -0.2) is 4.39 Å². The molecule has 0 saturated heterocycles. The molecule has 0 spiro atoms. The van der Waals surface area contributed by atoms with E-state index in [2.05, 4.69) is 21.2 Å². The Bertz CT molecular complexity index is 655. The van der Waals surface area contributed by atoms with E-state index in [-0.39, 0.29) is 5.91 Å². The number of carbonyl (C=O) groups excluding carboxylic acids is 1. The van der Waals surface area contributed by atoms with Crippen molar-refractivity contribution in [3.63, 3.8) is 0 Å². The lowest BCUT2D eigenvalue weighted by atomic mass is 10.1. The monoisotopic (exact) mass is 335 g/mol. The number of aryl methyl sites for hydroxylation is 2. The molecule has 0 aliphatic heterocycles. The van der Waals surface area contributed by atoms with Crippen LogP contribution in [-0.4, -0.2) is 5.91 Å². The Morgan fingerprint density at radius 1 is 1.30 bits per heavy atom. The van der Waals surface area contributed by atoms with Crippen molar-refractivity contribution < 1.29 is 9.18 Å². The van der Waals surface area contributed by atoms with Gasteiger partial charge in [0.05, 0.1) is 4.47 Å². The molecule has 104 valence electrons. The standard InChI is InChI=1S/C16H15BrFNO/c1-3-11-6-4-5-10(2)15(11)19-16(20)12-7-8-13(17)14(18)9-12/h4-9H,3H2,1-2H3,(H,19,20). The normalized spacial score (nSPS) is 10.4. The van der Waals surface area contributed by atoms with Crippen molar-refractivity contribution >= 4 is 27.5 Å². The van der Waals surface area contributed by atoms with Crippen LogP contribution in [0.15, 0.2) is 40.9 Å². The van der Waals surface area contributed by atoms with E-state index in [1.165, 1.54) is 12.1 Å². The number of amides is 1. The molecule has 0 saturated carbocycles. The number of carbonyl (C=O) groups is 1. The van der Waals surface area contributed by atoms with Crippen molar-refractivity contribution in [2.75, 3.05) is 5.32 Å². The fraction of sp³-hybridized carbons (Fsp3) is 0.188. The van der Waals surface area contributed by atoms with Gasteiger partial charge in [0.2, 0.25) is 0 Å². The Hall–Kier alpha value is -1.68. The minimum Gasteiger partial charge on any atom is -0.321 e. The number of nitrogens with one attached hydrogen (secondary N) is 1. The number of anilines is 1. The summed E-state index contributed by atoms with van der Waals surface area (Å²) in [5, 5.41) is 2.87. The van der Waals surface area contributed by atoms with Crippen LogP contribution >= 0.6 is 15.9 Å². The molecule has 2 rings (SSSR count). The van der Waals surface area contributed by atoms with Crippen molar-refractivity contribution in [1.82, 2.24) is 0 Å². The maximum absolute atomic E-state index is 13.5. The van der Waals surface area contributed by atoms with Crippen molar-refractivity contribution in [1.29, 1.82) is 0 Å². The second-order valence-electron chi connectivity index (χ2n) is 4.55. The lowest BCUT2D eigenvalue weighted by Gasteiger charge is -2.13. The summed E-state index contributed by atoms with van der Waals surface area (Å²) in [7, 11) is 0. The van der Waals surface area contributed by atoms with E-state index >= 15 is 0 Å². The molecular weight excluding hydrogens is 321 g/mol. The van der Waals surface area contributed by atoms with Crippen LogP contribution in [0.25, 0.3) is 0 Å². The molecule has 0 radical (unpaired) electrons. The van der Waals surface area contributed by atoms with Crippen molar-refractivity contribution in [3.8, 4) is 0 Å². The van der Waals surface area contributed by atoms with Crippen LogP contribution in [0.2, 0.25) is 0 Å². The minimum atomic E-state index is -0.446. The summed E-state index contributed by atoms with van der Waals surface area (Å²) in [4.78, 5) is 12.2. The molecular formula is C16H15BrFNO. The number of hydrogen-bond donors (Lipinski definition) is 1. The lowest BCUT2D eigenvalue weighted by Crippen LogP contribution is -2.14. The maximum Gasteiger partial charge on any atom is 0.255 e. The molecule has 0 heterocycles. The van der Waals surface area contributed by atoms with Gasteiger partial charge in [0.1, 0.15) is 5.82 Å². The van der Waals surface area contributed by atoms with E-state index in [0.29, 0.717) is 10.0 Å². The Morgan fingerprint density at radius 3 is 2.70 bits per heavy atom. The highest BCUT2D eigenvalue weighted by Gasteiger charge is 2.12. The van der Waals surface area contributed by atoms with Gasteiger partial charge in [-0.3, -0.25) is 4.79 Å². The Morgan fingerprint density at radius 2 is 2.05 bits per heavy atom. The molecule has 1 N–H and O–H groups in total. The summed E-state index contributed by atoms with van der Waals surface area (Å²) in [5.41, 5.74) is 3.17. The van der Waals surface area contributed by atoms with Crippen molar-refractivity contribution in [2.24, 2.45) is 0 Å². The van der Waals surface area contributed by atoms with Crippen LogP contribution in [-0.2, 0) is 6.42 Å². The van der Waals surface area contributed by atoms with Gasteiger partial charge < -0.3 is 5.32 Å². The largest absolute Gasteiger partial charge is 0.321 e. The highest BCUT2D eigenvalue weighted by Crippen LogP contribution is 2.23. The van der Waals surface area contributed by atoms with Crippen LogP contribution in [0, 0.1) is 12.7 Å². The lowest BCUT2D eigenvalue weighted by molar-refractivity contribution is 0.102. The molecule has 0 aliphatic rings. The average Bonchev–Trinajstić information content (AvgIpc) is 2.44. The van der Waals surface area contributed by atoms with Gasteiger partial charge >= 0.3 is 0 Å². The first kappa shape index (κ1) is 14.7. The van der Waals surface area contributed by atoms with Gasteiger partial charge in [-0.15, -0.1) is 0 Å². The van der Waals surface area contributed by atoms with E-state index in [1.54, 1.807) is 6.07 Å². The minimum absolute atomic E-state index is 0.302. The number of rotatable bonds is 3. The zero-order valence-corrected chi connectivity index (χ0v) is 12.9. The quantitative estimate of drug-likeness (QED) is 0.864. The first-order chi connectivity index (χ1) is 9.52. The number of halogens is 2. The SMILES string of the molecule is CCc1cccc(C)c1NC(=O)c1ccc(Br)c(F)c1. The molecule has 0 aliphatic carbocycles. The highest BCUT2D eigenvalue weighted by molar-refractivity contribution is 9.10. The van der Waals surface area contributed by atoms with Gasteiger partial charge in [-0.1, -0.05) is 25.1 Å². The first-order valence-electron chi connectivity index (χ1n) is 6.37. The van der Waals surface area contributed by atoms with Crippen LogP contribution in [0.3, 0.4) is 0 Å². The number of benzene rings is 2. The van der Waals surface area contributed by atoms with Crippen LogP contribution in [0.4, 0.5) is 10.1 Å². The first-order valence-corrected chi connectivity index (χ1v) is 7.17. The van der Waals surface area contributed by atoms with Gasteiger partial charge in [-0.05, 0) is 58.6 Å². The van der Waals surface area contributed by atoms with Crippen molar-refractivity contribution in [2.45, 2.75) is 20.3 Å². The fourth-order valence-electron chi connectivity index (χ4n) is 2.03. The molecule has 0 bridgehead atoms. The zero-order chi connectivity index (χ0) is 14.7. The summed E-state index contributed by atoms with van der Waals surface area (Å²) in [5.74, 6) is -0.751. The van der Waals surface area contributed by atoms with E-state index < -0.39 is 5.82 Å². The summed E-state index contributed by atoms with van der Waals surface area (Å²) >= 11 is 3.07. The predicted octanol–water partition coefficient (Wildman–Crippen LogP) is 4.71. The average molecular weight is 336 g/mol. The fourth-order valence-corrected chi connectivity index (χ4v) is 2.27. The van der Waals surface area contributed by atoms with Gasteiger partial charge in [0.25, 0.3) is 5.91 Å². The van der Waals surface area contributed by atoms with Gasteiger partial charge in [0.15, 0.2) is 0 Å². The molecule has 2 nitrogen and oxygen atoms in total. The summed E-state index contributed by atoms with van der Waals surface area (Å²) in [6.45, 7) is 3.97. The molecule has 1 amide bonds. The topological polar surface area (TPSA) is 29.1 Å². The summed E-state index contributed by atoms with van der Waals surface area (Å²) in [6, 6.07) is 10.2. The van der Waals surface area contributed by atoms with Gasteiger partial charge in [0, 0.05) is 11.3 Å². The molecule has 0 atom stereocenters. The molecule has 0 unspecified atom stereocenters. The second kappa shape index (κ2) is 6.18. The van der Waals surface area contributed by atoms with Gasteiger partial charge in [-0.2, -0.15) is 0 Å². The van der Waals surface area contributed by atoms with E-state index in [9.17, 15) is 9.18 Å². The summed E-state index contributed by atoms with van der Waals surface area (Å²) < 4.78 is 13.8. The van der Waals surface area contributed by atoms with Crippen LogP contribution in [0.5, 0.6) is 0 Å². The van der Waals surface area contributed by atoms with Crippen LogP contribution in [0.1, 0.15) is 28.4 Å². The van der Waals surface area contributed by atoms with Crippen LogP contribution < -0.4 is 5.32 Å². The van der Waals surface area contributed by atoms with Crippen molar-refractivity contribution in [3.05, 3.63) is 63.4 Å². The van der Waals surface area contributed by atoms with E-state index in [1.807, 2.05) is 32.0 Å². The zero-order valence-electron chi connectivity index (χ0n) is 11.3. The Balaban J connectivity index is 2.30. The smallest absolute Gasteiger partial charge is 0.255 e. The molecule has 2 aromatic carbocycles. The Labute approximate surface area is 126 Å². The molecule has 0 fully saturated rings. The molecule has 0 aromatic heterocycles. The number of para-hydroxylation sites is 1. The Kier molecular flexibility index (Phi) is 4.55. The van der Waals surface area contributed by atoms with E-state index in [4.69, 9.17) is 0 Å². The third kappa shape index (κ3) is 3.07. The summed E-state index contributed by atoms with van der Waals surface area (Å²) in [6.07, 6.45) is 0.825. The predicted molar refractivity (Wildman–Crippen MR) is 82.6 cm³/mol. The highest BCUT2D eigenvalue weighted by atomic mass is 79.9. The maximum atomic E-state index is 13.5. The molecule has 4 heteroatoms.